The number of fused-ring (bicyclic) bond motifs is 4. The maximum absolute atomic E-state index is 5.46. The van der Waals surface area contributed by atoms with Gasteiger partial charge < -0.3 is 9.30 Å². The van der Waals surface area contributed by atoms with Gasteiger partial charge in [0, 0.05) is 11.9 Å². The highest BCUT2D eigenvalue weighted by molar-refractivity contribution is 6.06. The van der Waals surface area contributed by atoms with Gasteiger partial charge in [0.25, 0.3) is 0 Å². The molecule has 0 aliphatic carbocycles. The number of rotatable bonds is 9. The van der Waals surface area contributed by atoms with E-state index in [9.17, 15) is 0 Å². The van der Waals surface area contributed by atoms with Crippen LogP contribution in [0.25, 0.3) is 33.1 Å². The number of ether oxygens (including phenoxy) is 1. The average molecular weight is 376 g/mol. The number of aryl methyl sites for hydroxylation is 1. The smallest absolute Gasteiger partial charge is 0.160 e. The highest BCUT2D eigenvalue weighted by atomic mass is 16.5. The third-order valence-electron chi connectivity index (χ3n) is 5.54. The van der Waals surface area contributed by atoms with E-state index in [1.54, 1.807) is 7.11 Å². The number of methoxy groups -OCH3 is 1. The quantitative estimate of drug-likeness (QED) is 0.314. The summed E-state index contributed by atoms with van der Waals surface area (Å²) < 4.78 is 7.80. The van der Waals surface area contributed by atoms with Gasteiger partial charge in [-0.1, -0.05) is 57.6 Å². The summed E-state index contributed by atoms with van der Waals surface area (Å²) in [5.41, 5.74) is 5.03. The van der Waals surface area contributed by atoms with Crippen LogP contribution in [0.15, 0.2) is 42.5 Å². The first kappa shape index (κ1) is 18.7. The van der Waals surface area contributed by atoms with Crippen molar-refractivity contribution in [3.63, 3.8) is 0 Å². The Balaban J connectivity index is 1.67. The lowest BCUT2D eigenvalue weighted by Crippen LogP contribution is -2.00. The van der Waals surface area contributed by atoms with Crippen LogP contribution in [0.5, 0.6) is 5.75 Å². The number of aromatic nitrogens is 3. The lowest BCUT2D eigenvalue weighted by atomic mass is 10.1. The Morgan fingerprint density at radius 1 is 0.857 bits per heavy atom. The molecule has 0 bridgehead atoms. The lowest BCUT2D eigenvalue weighted by molar-refractivity contribution is 0.415. The molecule has 4 nitrogen and oxygen atoms in total. The molecule has 0 N–H and O–H groups in total. The van der Waals surface area contributed by atoms with Crippen LogP contribution in [-0.4, -0.2) is 21.6 Å². The largest absolute Gasteiger partial charge is 0.497 e. The fraction of sp³-hybridized carbons (Fsp3) is 0.417. The first-order valence-electron chi connectivity index (χ1n) is 10.5. The maximum Gasteiger partial charge on any atom is 0.160 e. The van der Waals surface area contributed by atoms with Crippen LogP contribution < -0.4 is 4.74 Å². The Morgan fingerprint density at radius 2 is 1.57 bits per heavy atom. The zero-order valence-corrected chi connectivity index (χ0v) is 16.9. The number of para-hydroxylation sites is 2. The monoisotopic (exact) mass is 375 g/mol. The third kappa shape index (κ3) is 3.68. The number of unbranched alkanes of at least 4 members (excludes halogenated alkanes) is 6. The summed E-state index contributed by atoms with van der Waals surface area (Å²) in [6, 6.07) is 14.4. The van der Waals surface area contributed by atoms with Gasteiger partial charge in [0.15, 0.2) is 5.65 Å². The summed E-state index contributed by atoms with van der Waals surface area (Å²) >= 11 is 0. The molecule has 2 aromatic carbocycles. The van der Waals surface area contributed by atoms with Crippen LogP contribution >= 0.6 is 0 Å². The molecule has 0 fully saturated rings. The van der Waals surface area contributed by atoms with E-state index < -0.39 is 0 Å². The molecule has 28 heavy (non-hydrogen) atoms. The molecule has 0 atom stereocenters. The Hall–Kier alpha value is -2.62. The van der Waals surface area contributed by atoms with Gasteiger partial charge in [0.1, 0.15) is 11.3 Å². The van der Waals surface area contributed by atoms with E-state index in [0.29, 0.717) is 0 Å². The van der Waals surface area contributed by atoms with Crippen molar-refractivity contribution in [2.24, 2.45) is 0 Å². The van der Waals surface area contributed by atoms with Crippen molar-refractivity contribution in [3.8, 4) is 5.75 Å². The molecular formula is C24H29N3O. The summed E-state index contributed by atoms with van der Waals surface area (Å²) in [5, 5.41) is 1.12. The van der Waals surface area contributed by atoms with Gasteiger partial charge >= 0.3 is 0 Å². The van der Waals surface area contributed by atoms with Gasteiger partial charge in [-0.25, -0.2) is 9.97 Å². The molecule has 146 valence electrons. The first-order valence-corrected chi connectivity index (χ1v) is 10.5. The van der Waals surface area contributed by atoms with Gasteiger partial charge in [-0.15, -0.1) is 0 Å². The van der Waals surface area contributed by atoms with E-state index in [2.05, 4.69) is 23.6 Å². The van der Waals surface area contributed by atoms with Crippen molar-refractivity contribution < 1.29 is 4.74 Å². The minimum Gasteiger partial charge on any atom is -0.497 e. The van der Waals surface area contributed by atoms with Crippen LogP contribution in [0.2, 0.25) is 0 Å². The van der Waals surface area contributed by atoms with Crippen molar-refractivity contribution in [1.82, 2.24) is 14.5 Å². The van der Waals surface area contributed by atoms with Crippen molar-refractivity contribution in [2.45, 2.75) is 58.4 Å². The molecule has 2 heterocycles. The number of hydrogen-bond donors (Lipinski definition) is 0. The second-order valence-corrected chi connectivity index (χ2v) is 7.54. The Morgan fingerprint density at radius 3 is 2.32 bits per heavy atom. The van der Waals surface area contributed by atoms with Gasteiger partial charge in [0.2, 0.25) is 0 Å². The van der Waals surface area contributed by atoms with Crippen molar-refractivity contribution in [1.29, 1.82) is 0 Å². The van der Waals surface area contributed by atoms with Gasteiger partial charge in [-0.2, -0.15) is 0 Å². The molecule has 0 saturated heterocycles. The Labute approximate surface area is 166 Å². The summed E-state index contributed by atoms with van der Waals surface area (Å²) in [6.07, 6.45) is 9.13. The zero-order valence-electron chi connectivity index (χ0n) is 16.9. The van der Waals surface area contributed by atoms with E-state index in [0.717, 1.165) is 39.9 Å². The van der Waals surface area contributed by atoms with Crippen LogP contribution in [0.1, 0.15) is 51.9 Å². The summed E-state index contributed by atoms with van der Waals surface area (Å²) in [6.45, 7) is 3.25. The van der Waals surface area contributed by atoms with Crippen molar-refractivity contribution >= 4 is 33.1 Å². The van der Waals surface area contributed by atoms with Crippen LogP contribution in [0.3, 0.4) is 0 Å². The molecule has 0 unspecified atom stereocenters. The topological polar surface area (TPSA) is 39.9 Å². The zero-order chi connectivity index (χ0) is 19.3. The Kier molecular flexibility index (Phi) is 5.75. The second-order valence-electron chi connectivity index (χ2n) is 7.54. The van der Waals surface area contributed by atoms with Crippen LogP contribution in [0.4, 0.5) is 0 Å². The second kappa shape index (κ2) is 8.59. The molecule has 2 aromatic heterocycles. The number of nitrogens with zero attached hydrogens (tertiary/aromatic N) is 3. The molecule has 0 saturated carbocycles. The van der Waals surface area contributed by atoms with E-state index in [1.807, 2.05) is 30.3 Å². The Bertz CT molecular complexity index is 1080. The van der Waals surface area contributed by atoms with Crippen LogP contribution in [0, 0.1) is 0 Å². The standard InChI is InChI=1S/C24H29N3O/c1-3-4-5-6-7-8-11-16-27-22-15-14-18(28-2)17-19(22)23-24(27)26-21-13-10-9-12-20(21)25-23/h9-10,12-15,17H,3-8,11,16H2,1-2H3. The van der Waals surface area contributed by atoms with E-state index in [4.69, 9.17) is 14.7 Å². The SMILES string of the molecule is CCCCCCCCCn1c2ccc(OC)cc2c2nc3ccccc3nc21. The normalized spacial score (nSPS) is 11.6. The van der Waals surface area contributed by atoms with Gasteiger partial charge in [-0.05, 0) is 36.8 Å². The maximum atomic E-state index is 5.46. The molecule has 4 rings (SSSR count). The first-order chi connectivity index (χ1) is 13.8. The minimum atomic E-state index is 0.859. The van der Waals surface area contributed by atoms with Gasteiger partial charge in [-0.3, -0.25) is 0 Å². The fourth-order valence-electron chi connectivity index (χ4n) is 3.99. The number of benzene rings is 2. The molecule has 4 aromatic rings. The third-order valence-corrected chi connectivity index (χ3v) is 5.54. The van der Waals surface area contributed by atoms with Crippen LogP contribution in [-0.2, 0) is 6.54 Å². The summed E-state index contributed by atoms with van der Waals surface area (Å²) in [7, 11) is 1.71. The van der Waals surface area contributed by atoms with E-state index in [-0.39, 0.29) is 0 Å². The highest BCUT2D eigenvalue weighted by Crippen LogP contribution is 2.31. The van der Waals surface area contributed by atoms with E-state index >= 15 is 0 Å². The lowest BCUT2D eigenvalue weighted by Gasteiger charge is -2.07. The molecule has 4 heteroatoms. The number of hydrogen-bond acceptors (Lipinski definition) is 3. The minimum absolute atomic E-state index is 0.859. The summed E-state index contributed by atoms with van der Waals surface area (Å²) in [5.74, 6) is 0.859. The molecule has 0 amide bonds. The predicted octanol–water partition coefficient (Wildman–Crippen LogP) is 6.50. The van der Waals surface area contributed by atoms with E-state index in [1.165, 1.54) is 50.5 Å². The van der Waals surface area contributed by atoms with Crippen molar-refractivity contribution in [3.05, 3.63) is 42.5 Å². The molecular weight excluding hydrogens is 346 g/mol. The highest BCUT2D eigenvalue weighted by Gasteiger charge is 2.15. The molecule has 0 aliphatic heterocycles. The summed E-state index contributed by atoms with van der Waals surface area (Å²) in [4.78, 5) is 9.91. The van der Waals surface area contributed by atoms with Crippen molar-refractivity contribution in [2.75, 3.05) is 7.11 Å². The fourth-order valence-corrected chi connectivity index (χ4v) is 3.99. The van der Waals surface area contributed by atoms with Gasteiger partial charge in [0.05, 0.1) is 23.7 Å². The average Bonchev–Trinajstić information content (AvgIpc) is 3.03. The predicted molar refractivity (Wildman–Crippen MR) is 117 cm³/mol. The molecule has 0 radical (unpaired) electrons. The molecule has 0 spiro atoms. The molecule has 0 aliphatic rings.